The zero-order chi connectivity index (χ0) is 43.1. The summed E-state index contributed by atoms with van der Waals surface area (Å²) in [5.41, 5.74) is -0.824. The number of morpholine rings is 2. The molecule has 5 fully saturated rings. The molecule has 0 spiro atoms. The number of rotatable bonds is 11. The molecule has 5 aliphatic rings. The summed E-state index contributed by atoms with van der Waals surface area (Å²) >= 11 is 2.29. The fraction of sp³-hybridized carbons (Fsp3) is 0.721. The van der Waals surface area contributed by atoms with Gasteiger partial charge in [-0.25, -0.2) is 0 Å². The van der Waals surface area contributed by atoms with E-state index in [2.05, 4.69) is 128 Å². The van der Waals surface area contributed by atoms with Gasteiger partial charge in [-0.2, -0.15) is 0 Å². The molecule has 0 atom stereocenters. The first kappa shape index (κ1) is 48.6. The van der Waals surface area contributed by atoms with Crippen LogP contribution in [0.4, 0.5) is 0 Å². The quantitative estimate of drug-likeness (QED) is 0.184. The lowest BCUT2D eigenvalue weighted by Gasteiger charge is -2.32. The van der Waals surface area contributed by atoms with Gasteiger partial charge >= 0.3 is 21.4 Å². The van der Waals surface area contributed by atoms with Crippen LogP contribution in [0, 0.1) is 3.57 Å². The fourth-order valence-electron chi connectivity index (χ4n) is 6.75. The van der Waals surface area contributed by atoms with Crippen LogP contribution in [0.5, 0.6) is 11.5 Å². The summed E-state index contributed by atoms with van der Waals surface area (Å²) in [7, 11) is -0.878. The van der Waals surface area contributed by atoms with Gasteiger partial charge < -0.3 is 46.9 Å². The normalized spacial score (nSPS) is 24.2. The van der Waals surface area contributed by atoms with Gasteiger partial charge in [0.25, 0.3) is 0 Å². The van der Waals surface area contributed by atoms with Crippen LogP contribution in [0.25, 0.3) is 0 Å². The van der Waals surface area contributed by atoms with Crippen LogP contribution in [0.3, 0.4) is 0 Å². The Kier molecular flexibility index (Phi) is 16.8. The highest BCUT2D eigenvalue weighted by Gasteiger charge is 2.57. The van der Waals surface area contributed by atoms with Crippen LogP contribution >= 0.6 is 22.6 Å². The lowest BCUT2D eigenvalue weighted by Crippen LogP contribution is -2.41. The van der Waals surface area contributed by atoms with Crippen molar-refractivity contribution in [3.8, 4) is 11.5 Å². The van der Waals surface area contributed by atoms with Gasteiger partial charge in [-0.05, 0) is 148 Å². The van der Waals surface area contributed by atoms with E-state index in [0.29, 0.717) is 12.8 Å². The van der Waals surface area contributed by atoms with Crippen molar-refractivity contribution in [1.29, 1.82) is 0 Å². The topological polar surface area (TPSA) is 98.8 Å². The first-order valence-electron chi connectivity index (χ1n) is 21.4. The zero-order valence-corrected chi connectivity index (χ0v) is 40.1. The van der Waals surface area contributed by atoms with Crippen LogP contribution in [0.2, 0.25) is 6.22 Å². The average molecular weight is 934 g/mol. The summed E-state index contributed by atoms with van der Waals surface area (Å²) in [6, 6.07) is 16.2. The SMILES string of the molecule is CC1(C)OB(CB2OC(C)(C)C(C)(C)O2)OC1(C)C.CC1(C)OB(c2ccc(OCCN3CCOCC3)cc2)OC1(C)C.Ic1ccc(OCCN2CCOCC2)cc1. The van der Waals surface area contributed by atoms with Crippen LogP contribution in [0.1, 0.15) is 83.1 Å². The van der Waals surface area contributed by atoms with Gasteiger partial charge in [-0.1, -0.05) is 12.1 Å². The van der Waals surface area contributed by atoms with Crippen molar-refractivity contribution in [2.75, 3.05) is 78.9 Å². The van der Waals surface area contributed by atoms with Gasteiger partial charge in [-0.3, -0.25) is 9.80 Å². The Hall–Kier alpha value is -1.44. The lowest BCUT2D eigenvalue weighted by molar-refractivity contribution is 0.00578. The standard InChI is InChI=1S/C18H28BNO4.C13H26B2O4.C12H16INO2/c1-17(2)18(3,4)24-19(23-17)15-5-7-16(8-6-15)22-14-11-20-9-12-21-13-10-20;1-10(2)11(3,4)17-14(16-10)9-15-18-12(5,6)13(7,8)19-15;13-11-1-3-12(4-2-11)16-10-7-14-5-8-15-9-6-14/h5-8H,9-14H2,1-4H3;9H2,1-8H3;1-4H,5-10H2. The van der Waals surface area contributed by atoms with Crippen LogP contribution < -0.4 is 14.9 Å². The van der Waals surface area contributed by atoms with E-state index >= 15 is 0 Å². The molecule has 2 aromatic rings. The van der Waals surface area contributed by atoms with Crippen molar-refractivity contribution in [3.63, 3.8) is 0 Å². The van der Waals surface area contributed by atoms with E-state index in [1.54, 1.807) is 0 Å². The highest BCUT2D eigenvalue weighted by molar-refractivity contribution is 14.1. The summed E-state index contributed by atoms with van der Waals surface area (Å²) in [4.78, 5) is 4.73. The minimum atomic E-state index is -0.322. The highest BCUT2D eigenvalue weighted by Crippen LogP contribution is 2.42. The van der Waals surface area contributed by atoms with Crippen molar-refractivity contribution in [1.82, 2.24) is 9.80 Å². The predicted molar refractivity (Wildman–Crippen MR) is 244 cm³/mol. The average Bonchev–Trinajstić information content (AvgIpc) is 3.61. The Labute approximate surface area is 369 Å². The molecular weight excluding hydrogens is 864 g/mol. The molecule has 2 aromatic carbocycles. The third-order valence-corrected chi connectivity index (χ3v) is 13.5. The minimum Gasteiger partial charge on any atom is -0.492 e. The second-order valence-electron chi connectivity index (χ2n) is 18.8. The van der Waals surface area contributed by atoms with Crippen molar-refractivity contribution in [2.45, 2.75) is 123 Å². The smallest absolute Gasteiger partial charge is 0.492 e. The largest absolute Gasteiger partial charge is 0.494 e. The molecule has 328 valence electrons. The summed E-state index contributed by atoms with van der Waals surface area (Å²) < 4.78 is 59.5. The molecule has 0 N–H and O–H groups in total. The third kappa shape index (κ3) is 13.5. The second-order valence-corrected chi connectivity index (χ2v) is 20.1. The van der Waals surface area contributed by atoms with Crippen molar-refractivity contribution < 1.29 is 46.9 Å². The van der Waals surface area contributed by atoms with Crippen LogP contribution in [0.15, 0.2) is 48.5 Å². The Balaban J connectivity index is 0.000000172. The molecule has 12 nitrogen and oxygen atoms in total. The van der Waals surface area contributed by atoms with Gasteiger partial charge in [0.1, 0.15) is 24.7 Å². The first-order chi connectivity index (χ1) is 27.6. The number of hydrogen-bond donors (Lipinski definition) is 0. The molecule has 5 saturated heterocycles. The molecular formula is C43H70B3IN2O10. The molecule has 5 heterocycles. The molecule has 7 rings (SSSR count). The Morgan fingerprint density at radius 2 is 0.814 bits per heavy atom. The van der Waals surface area contributed by atoms with Gasteiger partial charge in [0.15, 0.2) is 0 Å². The molecule has 0 aromatic heterocycles. The number of benzene rings is 2. The number of ether oxygens (including phenoxy) is 4. The maximum absolute atomic E-state index is 6.07. The predicted octanol–water partition coefficient (Wildman–Crippen LogP) is 6.41. The van der Waals surface area contributed by atoms with E-state index in [-0.39, 0.29) is 55.0 Å². The van der Waals surface area contributed by atoms with E-state index in [0.717, 1.165) is 89.3 Å². The Bertz CT molecular complexity index is 1510. The maximum atomic E-state index is 6.07. The summed E-state index contributed by atoms with van der Waals surface area (Å²) in [6.07, 6.45) is 0.597. The number of nitrogens with zero attached hydrogens (tertiary/aromatic N) is 2. The van der Waals surface area contributed by atoms with Gasteiger partial charge in [-0.15, -0.1) is 0 Å². The summed E-state index contributed by atoms with van der Waals surface area (Å²) in [6.45, 7) is 35.4. The highest BCUT2D eigenvalue weighted by atomic mass is 127. The molecule has 16 heteroatoms. The maximum Gasteiger partial charge on any atom is 0.494 e. The van der Waals surface area contributed by atoms with Gasteiger partial charge in [0.05, 0.1) is 60.0 Å². The van der Waals surface area contributed by atoms with E-state index in [1.165, 1.54) is 3.57 Å². The molecule has 59 heavy (non-hydrogen) atoms. The van der Waals surface area contributed by atoms with E-state index in [4.69, 9.17) is 46.9 Å². The van der Waals surface area contributed by atoms with Crippen LogP contribution in [-0.4, -0.2) is 144 Å². The van der Waals surface area contributed by atoms with Gasteiger partial charge in [0.2, 0.25) is 0 Å². The zero-order valence-electron chi connectivity index (χ0n) is 37.9. The van der Waals surface area contributed by atoms with Gasteiger partial charge in [0, 0.05) is 49.1 Å². The fourth-order valence-corrected chi connectivity index (χ4v) is 7.11. The van der Waals surface area contributed by atoms with Crippen LogP contribution in [-0.2, 0) is 37.4 Å². The molecule has 0 unspecified atom stereocenters. The molecule has 5 aliphatic heterocycles. The Morgan fingerprint density at radius 3 is 1.17 bits per heavy atom. The summed E-state index contributed by atoms with van der Waals surface area (Å²) in [5, 5.41) is 0. The molecule has 0 bridgehead atoms. The van der Waals surface area contributed by atoms with Crippen molar-refractivity contribution >= 4 is 49.4 Å². The lowest BCUT2D eigenvalue weighted by atomic mass is 9.64. The molecule has 0 radical (unpaired) electrons. The van der Waals surface area contributed by atoms with Crippen molar-refractivity contribution in [2.24, 2.45) is 0 Å². The monoisotopic (exact) mass is 934 g/mol. The summed E-state index contributed by atoms with van der Waals surface area (Å²) in [5.74, 6) is 1.83. The third-order valence-electron chi connectivity index (χ3n) is 12.8. The minimum absolute atomic E-state index is 0.278. The number of halogens is 1. The molecule has 0 saturated carbocycles. The van der Waals surface area contributed by atoms with E-state index in [9.17, 15) is 0 Å². The molecule has 0 aliphatic carbocycles. The molecule has 0 amide bonds. The number of hydrogen-bond acceptors (Lipinski definition) is 12. The van der Waals surface area contributed by atoms with Crippen molar-refractivity contribution in [3.05, 3.63) is 52.1 Å². The first-order valence-corrected chi connectivity index (χ1v) is 22.4. The van der Waals surface area contributed by atoms with E-state index in [1.807, 2.05) is 36.4 Å². The second kappa shape index (κ2) is 20.4. The van der Waals surface area contributed by atoms with E-state index < -0.39 is 0 Å². The Morgan fingerprint density at radius 1 is 0.492 bits per heavy atom.